The zero-order chi connectivity index (χ0) is 18.2. The lowest BCUT2D eigenvalue weighted by Crippen LogP contribution is -2.35. The van der Waals surface area contributed by atoms with E-state index in [1.165, 1.54) is 21.7 Å². The molecule has 2 aromatic rings. The first kappa shape index (κ1) is 17.1. The van der Waals surface area contributed by atoms with Crippen molar-refractivity contribution in [3.05, 3.63) is 41.2 Å². The smallest absolute Gasteiger partial charge is 0.356 e. The van der Waals surface area contributed by atoms with Crippen LogP contribution in [0, 0.1) is 17.2 Å². The van der Waals surface area contributed by atoms with Gasteiger partial charge in [-0.25, -0.2) is 4.98 Å². The number of nitriles is 1. The number of aromatic amines is 1. The van der Waals surface area contributed by atoms with Gasteiger partial charge in [0.25, 0.3) is 5.91 Å². The number of H-pyrrole nitrogens is 1. The number of carbonyl (C=O) groups excluding carboxylic acids is 1. The number of amides is 1. The van der Waals surface area contributed by atoms with Crippen LogP contribution in [0.25, 0.3) is 0 Å². The summed E-state index contributed by atoms with van der Waals surface area (Å²) >= 11 is 0. The maximum absolute atomic E-state index is 12.8. The van der Waals surface area contributed by atoms with Gasteiger partial charge in [-0.3, -0.25) is 4.79 Å². The average molecular weight is 351 g/mol. The summed E-state index contributed by atoms with van der Waals surface area (Å²) in [6.07, 6.45) is -0.839. The molecule has 132 valence electrons. The maximum Gasteiger partial charge on any atom is 0.434 e. The number of hydrogen-bond acceptors (Lipinski definition) is 3. The molecular weight excluding hydrogens is 335 g/mol. The molecular formula is C16H16F3N5O. The van der Waals surface area contributed by atoms with Gasteiger partial charge in [-0.15, -0.1) is 0 Å². The molecule has 1 atom stereocenters. The Hall–Kier alpha value is -2.76. The third-order valence-electron chi connectivity index (χ3n) is 4.30. The summed E-state index contributed by atoms with van der Waals surface area (Å²) < 4.78 is 39.8. The number of hydrogen-bond donors (Lipinski definition) is 1. The molecule has 2 aromatic heterocycles. The summed E-state index contributed by atoms with van der Waals surface area (Å²) in [6.45, 7) is 0.808. The number of nitrogens with one attached hydrogen (secondary N) is 1. The van der Waals surface area contributed by atoms with Crippen LogP contribution in [0.5, 0.6) is 0 Å². The normalized spacial score (nSPS) is 17.0. The molecule has 1 aliphatic heterocycles. The van der Waals surface area contributed by atoms with Crippen molar-refractivity contribution in [2.45, 2.75) is 25.6 Å². The molecule has 25 heavy (non-hydrogen) atoms. The van der Waals surface area contributed by atoms with E-state index in [1.54, 1.807) is 7.05 Å². The minimum atomic E-state index is -4.45. The first-order chi connectivity index (χ1) is 11.8. The van der Waals surface area contributed by atoms with Crippen molar-refractivity contribution in [2.24, 2.45) is 5.92 Å². The Morgan fingerprint density at radius 1 is 1.56 bits per heavy atom. The van der Waals surface area contributed by atoms with Crippen LogP contribution in [-0.4, -0.2) is 38.9 Å². The molecule has 0 aromatic carbocycles. The highest BCUT2D eigenvalue weighted by Gasteiger charge is 2.36. The summed E-state index contributed by atoms with van der Waals surface area (Å²) in [5.74, 6) is 0.219. The number of imidazole rings is 1. The molecule has 0 aliphatic carbocycles. The second kappa shape index (κ2) is 6.27. The van der Waals surface area contributed by atoms with Gasteiger partial charge in [0, 0.05) is 39.0 Å². The lowest BCUT2D eigenvalue weighted by molar-refractivity contribution is -0.141. The fraction of sp³-hybridized carbons (Fsp3) is 0.438. The fourth-order valence-corrected chi connectivity index (χ4v) is 3.06. The molecule has 0 unspecified atom stereocenters. The number of alkyl halides is 3. The van der Waals surface area contributed by atoms with E-state index in [1.807, 2.05) is 6.07 Å². The van der Waals surface area contributed by atoms with Gasteiger partial charge < -0.3 is 14.5 Å². The predicted molar refractivity (Wildman–Crippen MR) is 81.5 cm³/mol. The van der Waals surface area contributed by atoms with E-state index >= 15 is 0 Å². The number of carbonyl (C=O) groups is 1. The molecule has 0 fully saturated rings. The Morgan fingerprint density at radius 3 is 2.96 bits per heavy atom. The van der Waals surface area contributed by atoms with E-state index in [9.17, 15) is 18.0 Å². The summed E-state index contributed by atoms with van der Waals surface area (Å²) in [5, 5.41) is 8.80. The van der Waals surface area contributed by atoms with Gasteiger partial charge >= 0.3 is 6.18 Å². The van der Waals surface area contributed by atoms with Crippen LogP contribution in [0.1, 0.15) is 34.0 Å². The number of aromatic nitrogens is 3. The predicted octanol–water partition coefficient (Wildman–Crippen LogP) is 2.44. The van der Waals surface area contributed by atoms with E-state index in [-0.39, 0.29) is 11.8 Å². The van der Waals surface area contributed by atoms with Gasteiger partial charge in [-0.05, 0) is 18.4 Å². The van der Waals surface area contributed by atoms with Gasteiger partial charge in [0.2, 0.25) is 0 Å². The lowest BCUT2D eigenvalue weighted by atomic mass is 9.99. The van der Waals surface area contributed by atoms with Crippen LogP contribution in [0.3, 0.4) is 0 Å². The Labute approximate surface area is 141 Å². The first-order valence-electron chi connectivity index (χ1n) is 7.75. The Bertz CT molecular complexity index is 830. The number of nitrogens with zero attached hydrogens (tertiary/aromatic N) is 4. The van der Waals surface area contributed by atoms with Crippen molar-refractivity contribution in [2.75, 3.05) is 13.6 Å². The van der Waals surface area contributed by atoms with E-state index in [4.69, 9.17) is 5.26 Å². The number of aryl methyl sites for hydroxylation is 1. The molecule has 1 aliphatic rings. The minimum absolute atomic E-state index is 0.0436. The van der Waals surface area contributed by atoms with Crippen molar-refractivity contribution in [1.29, 1.82) is 5.26 Å². The molecule has 0 saturated carbocycles. The molecule has 3 rings (SSSR count). The molecule has 1 N–H and O–H groups in total. The molecule has 3 heterocycles. The molecule has 0 saturated heterocycles. The van der Waals surface area contributed by atoms with E-state index < -0.39 is 11.9 Å². The summed E-state index contributed by atoms with van der Waals surface area (Å²) in [7, 11) is 1.64. The monoisotopic (exact) mass is 351 g/mol. The fourth-order valence-electron chi connectivity index (χ4n) is 3.06. The Morgan fingerprint density at radius 2 is 2.32 bits per heavy atom. The highest BCUT2D eigenvalue weighted by atomic mass is 19.4. The standard InChI is InChI=1S/C16H16F3N5O/c1-23(15(25)12-4-11(5-20)6-21-12)7-10-2-3-14-22-13(16(17,18)19)9-24(14)8-10/h4,6,9-10,21H,2-3,7-8H2,1H3/t10-/m1/s1. The van der Waals surface area contributed by atoms with Crippen molar-refractivity contribution in [3.8, 4) is 6.07 Å². The molecule has 0 spiro atoms. The quantitative estimate of drug-likeness (QED) is 0.923. The van der Waals surface area contributed by atoms with E-state index in [2.05, 4.69) is 9.97 Å². The van der Waals surface area contributed by atoms with Crippen molar-refractivity contribution >= 4 is 5.91 Å². The summed E-state index contributed by atoms with van der Waals surface area (Å²) in [4.78, 5) is 20.3. The second-order valence-corrected chi connectivity index (χ2v) is 6.20. The number of fused-ring (bicyclic) bond motifs is 1. The average Bonchev–Trinajstić information content (AvgIpc) is 3.19. The summed E-state index contributed by atoms with van der Waals surface area (Å²) in [5.41, 5.74) is -0.183. The molecule has 1 amide bonds. The van der Waals surface area contributed by atoms with Gasteiger partial charge in [0.05, 0.1) is 5.56 Å². The number of rotatable bonds is 3. The third kappa shape index (κ3) is 3.52. The summed E-state index contributed by atoms with van der Waals surface area (Å²) in [6, 6.07) is 3.42. The molecule has 6 nitrogen and oxygen atoms in total. The maximum atomic E-state index is 12.8. The van der Waals surface area contributed by atoms with Gasteiger partial charge in [-0.2, -0.15) is 18.4 Å². The van der Waals surface area contributed by atoms with Crippen LogP contribution in [0.2, 0.25) is 0 Å². The molecule has 9 heteroatoms. The Kier molecular flexibility index (Phi) is 4.29. The van der Waals surface area contributed by atoms with Gasteiger partial charge in [0.1, 0.15) is 17.6 Å². The third-order valence-corrected chi connectivity index (χ3v) is 4.30. The van der Waals surface area contributed by atoms with Crippen LogP contribution in [0.4, 0.5) is 13.2 Å². The zero-order valence-electron chi connectivity index (χ0n) is 13.5. The van der Waals surface area contributed by atoms with Crippen molar-refractivity contribution in [1.82, 2.24) is 19.4 Å². The lowest BCUT2D eigenvalue weighted by Gasteiger charge is -2.28. The highest BCUT2D eigenvalue weighted by Crippen LogP contribution is 2.30. The largest absolute Gasteiger partial charge is 0.434 e. The van der Waals surface area contributed by atoms with Crippen molar-refractivity contribution < 1.29 is 18.0 Å². The molecule has 0 bridgehead atoms. The van der Waals surface area contributed by atoms with Crippen molar-refractivity contribution in [3.63, 3.8) is 0 Å². The zero-order valence-corrected chi connectivity index (χ0v) is 13.5. The van der Waals surface area contributed by atoms with Gasteiger partial charge in [0.15, 0.2) is 5.69 Å². The highest BCUT2D eigenvalue weighted by molar-refractivity contribution is 5.92. The Balaban J connectivity index is 1.65. The minimum Gasteiger partial charge on any atom is -0.356 e. The van der Waals surface area contributed by atoms with Crippen LogP contribution in [0.15, 0.2) is 18.5 Å². The van der Waals surface area contributed by atoms with Crippen LogP contribution in [-0.2, 0) is 19.1 Å². The van der Waals surface area contributed by atoms with E-state index in [0.717, 1.165) is 6.20 Å². The van der Waals surface area contributed by atoms with E-state index in [0.29, 0.717) is 43.0 Å². The topological polar surface area (TPSA) is 77.7 Å². The van der Waals surface area contributed by atoms with Crippen LogP contribution >= 0.6 is 0 Å². The first-order valence-corrected chi connectivity index (χ1v) is 7.75. The SMILES string of the molecule is CN(C[C@H]1CCc2nc(C(F)(F)F)cn2C1)C(=O)c1cc(C#N)c[nH]1. The van der Waals surface area contributed by atoms with Gasteiger partial charge in [-0.1, -0.05) is 0 Å². The second-order valence-electron chi connectivity index (χ2n) is 6.20. The van der Waals surface area contributed by atoms with Crippen LogP contribution < -0.4 is 0 Å². The molecule has 0 radical (unpaired) electrons. The number of halogens is 3.